The van der Waals surface area contributed by atoms with E-state index < -0.39 is 41.5 Å². The summed E-state index contributed by atoms with van der Waals surface area (Å²) in [7, 11) is 0. The van der Waals surface area contributed by atoms with Crippen molar-refractivity contribution in [2.45, 2.75) is 72.0 Å². The lowest BCUT2D eigenvalue weighted by molar-refractivity contribution is -0.144. The van der Waals surface area contributed by atoms with Crippen LogP contribution in [0.2, 0.25) is 0 Å². The van der Waals surface area contributed by atoms with Crippen molar-refractivity contribution in [1.29, 1.82) is 0 Å². The third kappa shape index (κ3) is 8.79. The Morgan fingerprint density at radius 3 is 2.02 bits per heavy atom. The molecule has 44 heavy (non-hydrogen) atoms. The van der Waals surface area contributed by atoms with Crippen LogP contribution in [0.15, 0.2) is 72.9 Å². The monoisotopic (exact) mass is 603 g/mol. The van der Waals surface area contributed by atoms with Gasteiger partial charge in [-0.15, -0.1) is 0 Å². The molecule has 0 saturated carbocycles. The van der Waals surface area contributed by atoms with Crippen LogP contribution >= 0.6 is 0 Å². The molecule has 3 aromatic rings. The zero-order valence-corrected chi connectivity index (χ0v) is 25.7. The fourth-order valence-corrected chi connectivity index (χ4v) is 4.16. The molecule has 2 heterocycles. The molecule has 1 aromatic heterocycles. The molecule has 0 aliphatic carbocycles. The van der Waals surface area contributed by atoms with Crippen LogP contribution in [-0.2, 0) is 32.0 Å². The number of nitrogens with zero attached hydrogens (tertiary/aromatic N) is 2. The number of aromatic nitrogens is 1. The Morgan fingerprint density at radius 2 is 1.45 bits per heavy atom. The predicted octanol–water partition coefficient (Wildman–Crippen LogP) is 5.81. The third-order valence-electron chi connectivity index (χ3n) is 6.20. The number of hydrogen-bond donors (Lipinski definition) is 1. The van der Waals surface area contributed by atoms with E-state index in [-0.39, 0.29) is 24.8 Å². The summed E-state index contributed by atoms with van der Waals surface area (Å²) in [5.74, 6) is -0.785. The molecular formula is C33H37N3O8. The number of carbonyl (C=O) groups is 4. The first-order valence-corrected chi connectivity index (χ1v) is 14.2. The minimum absolute atomic E-state index is 0.00191. The highest BCUT2D eigenvalue weighted by Crippen LogP contribution is 2.27. The average molecular weight is 604 g/mol. The smallest absolute Gasteiger partial charge is 0.425 e. The molecule has 1 saturated heterocycles. The van der Waals surface area contributed by atoms with Crippen LogP contribution in [0.25, 0.3) is 0 Å². The second-order valence-electron chi connectivity index (χ2n) is 12.3. The molecule has 0 spiro atoms. The third-order valence-corrected chi connectivity index (χ3v) is 6.20. The molecule has 1 N–H and O–H groups in total. The van der Waals surface area contributed by atoms with Crippen molar-refractivity contribution in [2.75, 3.05) is 4.90 Å². The quantitative estimate of drug-likeness (QED) is 0.192. The first kappa shape index (κ1) is 32.0. The number of esters is 1. The lowest BCUT2D eigenvalue weighted by atomic mass is 9.91. The van der Waals surface area contributed by atoms with Gasteiger partial charge in [0.25, 0.3) is 0 Å². The highest BCUT2D eigenvalue weighted by atomic mass is 16.6. The van der Waals surface area contributed by atoms with Gasteiger partial charge in [-0.3, -0.25) is 4.79 Å². The normalized spacial score (nSPS) is 16.2. The Kier molecular flexibility index (Phi) is 9.56. The minimum atomic E-state index is -0.939. The highest BCUT2D eigenvalue weighted by molar-refractivity contribution is 6.08. The summed E-state index contributed by atoms with van der Waals surface area (Å²) >= 11 is 0. The molecule has 1 fully saturated rings. The highest BCUT2D eigenvalue weighted by Gasteiger charge is 2.41. The molecule has 0 bridgehead atoms. The van der Waals surface area contributed by atoms with E-state index in [0.29, 0.717) is 16.9 Å². The molecular weight excluding hydrogens is 566 g/mol. The first-order valence-electron chi connectivity index (χ1n) is 14.2. The number of carbonyl (C=O) groups excluding carboxylic acids is 4. The molecule has 2 atom stereocenters. The number of ether oxygens (including phenoxy) is 4. The van der Waals surface area contributed by atoms with Gasteiger partial charge < -0.3 is 24.3 Å². The van der Waals surface area contributed by atoms with Gasteiger partial charge in [0.1, 0.15) is 29.4 Å². The van der Waals surface area contributed by atoms with Crippen molar-refractivity contribution in [3.63, 3.8) is 0 Å². The lowest BCUT2D eigenvalue weighted by Crippen LogP contribution is -2.61. The molecule has 0 unspecified atom stereocenters. The van der Waals surface area contributed by atoms with Crippen LogP contribution in [0.1, 0.15) is 63.0 Å². The zero-order chi connectivity index (χ0) is 32.1. The minimum Gasteiger partial charge on any atom is -0.470 e. The molecule has 1 aliphatic rings. The zero-order valence-electron chi connectivity index (χ0n) is 25.7. The van der Waals surface area contributed by atoms with E-state index in [9.17, 15) is 19.2 Å². The number of β-lactam (4-membered cyclic amide) rings is 1. The number of hydrogen-bond acceptors (Lipinski definition) is 9. The van der Waals surface area contributed by atoms with Crippen LogP contribution in [0.4, 0.5) is 15.4 Å². The van der Waals surface area contributed by atoms with E-state index in [1.165, 1.54) is 12.3 Å². The Hall–Kier alpha value is -4.93. The SMILES string of the molecule is CC(C)(C)OC(=O)N(C(=O)OC(C)(C)C)c1cc(C[C@H]2C(=O)N[C@@H]2Oc2ccc(C(=O)OCc3ccccc3)cc2)ccn1. The largest absolute Gasteiger partial charge is 0.470 e. The molecule has 3 amide bonds. The topological polar surface area (TPSA) is 133 Å². The number of amides is 3. The van der Waals surface area contributed by atoms with Crippen LogP contribution in [-0.4, -0.2) is 46.5 Å². The molecule has 0 radical (unpaired) electrons. The van der Waals surface area contributed by atoms with Crippen molar-refractivity contribution in [3.8, 4) is 5.75 Å². The van der Waals surface area contributed by atoms with Gasteiger partial charge in [0.05, 0.1) is 11.5 Å². The molecule has 232 valence electrons. The number of benzene rings is 2. The number of pyridine rings is 1. The van der Waals surface area contributed by atoms with Crippen molar-refractivity contribution in [3.05, 3.63) is 89.6 Å². The summed E-state index contributed by atoms with van der Waals surface area (Å²) in [6.45, 7) is 10.3. The summed E-state index contributed by atoms with van der Waals surface area (Å²) in [6.07, 6.45) is -0.832. The van der Waals surface area contributed by atoms with Gasteiger partial charge in [-0.25, -0.2) is 19.4 Å². The van der Waals surface area contributed by atoms with E-state index in [4.69, 9.17) is 18.9 Å². The van der Waals surface area contributed by atoms with E-state index >= 15 is 0 Å². The number of imide groups is 1. The Balaban J connectivity index is 1.42. The lowest BCUT2D eigenvalue weighted by Gasteiger charge is -2.36. The summed E-state index contributed by atoms with van der Waals surface area (Å²) in [5, 5.41) is 2.74. The van der Waals surface area contributed by atoms with E-state index in [2.05, 4.69) is 10.3 Å². The molecule has 1 aliphatic heterocycles. The molecule has 2 aromatic carbocycles. The Labute approximate surface area is 256 Å². The second kappa shape index (κ2) is 13.2. The molecule has 4 rings (SSSR count). The second-order valence-corrected chi connectivity index (χ2v) is 12.3. The van der Waals surface area contributed by atoms with Gasteiger partial charge in [-0.05, 0) is 95.5 Å². The average Bonchev–Trinajstić information content (AvgIpc) is 2.94. The number of rotatable bonds is 8. The van der Waals surface area contributed by atoms with Gasteiger partial charge in [0, 0.05) is 6.20 Å². The van der Waals surface area contributed by atoms with Crippen LogP contribution in [0, 0.1) is 5.92 Å². The Morgan fingerprint density at radius 1 is 0.841 bits per heavy atom. The Bertz CT molecular complexity index is 1470. The van der Waals surface area contributed by atoms with Gasteiger partial charge in [-0.2, -0.15) is 4.90 Å². The first-order chi connectivity index (χ1) is 20.7. The van der Waals surface area contributed by atoms with E-state index in [0.717, 1.165) is 10.5 Å². The maximum Gasteiger partial charge on any atom is 0.425 e. The fraction of sp³-hybridized carbons (Fsp3) is 0.364. The number of anilines is 1. The van der Waals surface area contributed by atoms with Gasteiger partial charge in [0.2, 0.25) is 5.91 Å². The van der Waals surface area contributed by atoms with Gasteiger partial charge in [0.15, 0.2) is 6.23 Å². The van der Waals surface area contributed by atoms with Crippen LogP contribution < -0.4 is 15.0 Å². The fourth-order valence-electron chi connectivity index (χ4n) is 4.16. The van der Waals surface area contributed by atoms with E-state index in [1.54, 1.807) is 71.9 Å². The summed E-state index contributed by atoms with van der Waals surface area (Å²) < 4.78 is 22.2. The summed E-state index contributed by atoms with van der Waals surface area (Å²) in [4.78, 5) is 55.9. The van der Waals surface area contributed by atoms with Crippen molar-refractivity contribution in [1.82, 2.24) is 10.3 Å². The van der Waals surface area contributed by atoms with Crippen molar-refractivity contribution >= 4 is 29.9 Å². The molecule has 11 nitrogen and oxygen atoms in total. The van der Waals surface area contributed by atoms with E-state index in [1.807, 2.05) is 30.3 Å². The summed E-state index contributed by atoms with van der Waals surface area (Å²) in [6, 6.07) is 19.0. The van der Waals surface area contributed by atoms with Gasteiger partial charge in [-0.1, -0.05) is 30.3 Å². The maximum absolute atomic E-state index is 13.0. The van der Waals surface area contributed by atoms with Crippen LogP contribution in [0.3, 0.4) is 0 Å². The molecule has 11 heteroatoms. The predicted molar refractivity (Wildman–Crippen MR) is 161 cm³/mol. The summed E-state index contributed by atoms with van der Waals surface area (Å²) in [5.41, 5.74) is 0.147. The van der Waals surface area contributed by atoms with Gasteiger partial charge >= 0.3 is 18.2 Å². The maximum atomic E-state index is 13.0. The van der Waals surface area contributed by atoms with Crippen molar-refractivity contribution < 1.29 is 38.1 Å². The van der Waals surface area contributed by atoms with Crippen molar-refractivity contribution in [2.24, 2.45) is 5.92 Å². The van der Waals surface area contributed by atoms with Crippen LogP contribution in [0.5, 0.6) is 5.75 Å². The standard InChI is InChI=1S/C33H37N3O8/c1-32(2,3)43-30(39)36(31(40)44-33(4,5)6)26-19-22(16-17-34-26)18-25-27(37)35-28(25)42-24-14-12-23(13-15-24)29(38)41-20-21-10-8-7-9-11-21/h7-17,19,25,28H,18,20H2,1-6H3,(H,35,37)/t25-,28+/m0/s1. The number of nitrogens with one attached hydrogen (secondary N) is 1.